The fourth-order valence-electron chi connectivity index (χ4n) is 1.48. The molecular weight excluding hydrogens is 230 g/mol. The van der Waals surface area contributed by atoms with Crippen LogP contribution in [0.25, 0.3) is 0 Å². The SMILES string of the molecule is CCC(N)CC(=O)Nc1cccc(C(=O)NC)c1. The zero-order valence-corrected chi connectivity index (χ0v) is 10.7. The van der Waals surface area contributed by atoms with E-state index in [0.717, 1.165) is 6.42 Å². The van der Waals surface area contributed by atoms with Crippen LogP contribution in [0.5, 0.6) is 0 Å². The van der Waals surface area contributed by atoms with Crippen molar-refractivity contribution < 1.29 is 9.59 Å². The van der Waals surface area contributed by atoms with Gasteiger partial charge < -0.3 is 16.4 Å². The molecular formula is C13H19N3O2. The molecule has 1 atom stereocenters. The monoisotopic (exact) mass is 249 g/mol. The lowest BCUT2D eigenvalue weighted by Crippen LogP contribution is -2.26. The Morgan fingerprint density at radius 3 is 2.72 bits per heavy atom. The van der Waals surface area contributed by atoms with Crippen LogP contribution in [-0.4, -0.2) is 24.9 Å². The Hall–Kier alpha value is -1.88. The molecule has 0 saturated carbocycles. The van der Waals surface area contributed by atoms with E-state index in [-0.39, 0.29) is 24.3 Å². The second-order valence-electron chi connectivity index (χ2n) is 4.08. The van der Waals surface area contributed by atoms with E-state index in [1.165, 1.54) is 0 Å². The first-order valence-corrected chi connectivity index (χ1v) is 5.94. The van der Waals surface area contributed by atoms with E-state index >= 15 is 0 Å². The summed E-state index contributed by atoms with van der Waals surface area (Å²) in [4.78, 5) is 23.1. The maximum Gasteiger partial charge on any atom is 0.251 e. The van der Waals surface area contributed by atoms with Crippen LogP contribution in [0, 0.1) is 0 Å². The minimum atomic E-state index is -0.184. The molecule has 98 valence electrons. The number of amides is 2. The van der Waals surface area contributed by atoms with E-state index in [1.807, 2.05) is 6.92 Å². The Morgan fingerprint density at radius 1 is 1.39 bits per heavy atom. The summed E-state index contributed by atoms with van der Waals surface area (Å²) in [6.45, 7) is 1.93. The molecule has 0 bridgehead atoms. The zero-order chi connectivity index (χ0) is 13.5. The first kappa shape index (κ1) is 14.2. The van der Waals surface area contributed by atoms with Gasteiger partial charge in [-0.05, 0) is 24.6 Å². The molecule has 1 aromatic carbocycles. The summed E-state index contributed by atoms with van der Waals surface area (Å²) in [5.74, 6) is -0.324. The van der Waals surface area contributed by atoms with Gasteiger partial charge in [0.2, 0.25) is 5.91 Å². The maximum absolute atomic E-state index is 11.6. The molecule has 5 nitrogen and oxygen atoms in total. The third-order valence-electron chi connectivity index (χ3n) is 2.61. The largest absolute Gasteiger partial charge is 0.355 e. The van der Waals surface area contributed by atoms with Crippen molar-refractivity contribution >= 4 is 17.5 Å². The third-order valence-corrected chi connectivity index (χ3v) is 2.61. The van der Waals surface area contributed by atoms with Crippen molar-refractivity contribution in [2.45, 2.75) is 25.8 Å². The minimum Gasteiger partial charge on any atom is -0.355 e. The van der Waals surface area contributed by atoms with Gasteiger partial charge in [0.1, 0.15) is 0 Å². The first-order chi connectivity index (χ1) is 8.56. The van der Waals surface area contributed by atoms with Crippen LogP contribution < -0.4 is 16.4 Å². The lowest BCUT2D eigenvalue weighted by molar-refractivity contribution is -0.116. The first-order valence-electron chi connectivity index (χ1n) is 5.94. The molecule has 1 unspecified atom stereocenters. The van der Waals surface area contributed by atoms with E-state index < -0.39 is 0 Å². The van der Waals surface area contributed by atoms with Crippen molar-refractivity contribution in [3.05, 3.63) is 29.8 Å². The Labute approximate surface area is 107 Å². The summed E-state index contributed by atoms with van der Waals surface area (Å²) >= 11 is 0. The molecule has 2 amide bonds. The molecule has 5 heteroatoms. The van der Waals surface area contributed by atoms with E-state index in [2.05, 4.69) is 10.6 Å². The molecule has 1 aromatic rings. The van der Waals surface area contributed by atoms with Crippen LogP contribution in [0.3, 0.4) is 0 Å². The third kappa shape index (κ3) is 4.18. The molecule has 0 aliphatic heterocycles. The number of benzene rings is 1. The lowest BCUT2D eigenvalue weighted by atomic mass is 10.1. The van der Waals surface area contributed by atoms with Gasteiger partial charge in [-0.15, -0.1) is 0 Å². The number of nitrogens with two attached hydrogens (primary N) is 1. The Bertz CT molecular complexity index is 432. The molecule has 1 rings (SSSR count). The molecule has 0 aliphatic rings. The quantitative estimate of drug-likeness (QED) is 0.731. The van der Waals surface area contributed by atoms with Crippen LogP contribution >= 0.6 is 0 Å². The fourth-order valence-corrected chi connectivity index (χ4v) is 1.48. The molecule has 0 spiro atoms. The molecule has 0 aromatic heterocycles. The highest BCUT2D eigenvalue weighted by molar-refractivity contribution is 5.97. The van der Waals surface area contributed by atoms with Crippen LogP contribution in [0.2, 0.25) is 0 Å². The highest BCUT2D eigenvalue weighted by Crippen LogP contribution is 2.11. The van der Waals surface area contributed by atoms with E-state index in [1.54, 1.807) is 31.3 Å². The topological polar surface area (TPSA) is 84.2 Å². The lowest BCUT2D eigenvalue weighted by Gasteiger charge is -2.10. The van der Waals surface area contributed by atoms with Gasteiger partial charge >= 0.3 is 0 Å². The van der Waals surface area contributed by atoms with E-state index in [9.17, 15) is 9.59 Å². The van der Waals surface area contributed by atoms with Gasteiger partial charge in [-0.3, -0.25) is 9.59 Å². The summed E-state index contributed by atoms with van der Waals surface area (Å²) < 4.78 is 0. The van der Waals surface area contributed by atoms with Gasteiger partial charge in [-0.2, -0.15) is 0 Å². The molecule has 18 heavy (non-hydrogen) atoms. The van der Waals surface area contributed by atoms with Crippen molar-refractivity contribution in [3.63, 3.8) is 0 Å². The summed E-state index contributed by atoms with van der Waals surface area (Å²) in [5, 5.41) is 5.26. The normalized spacial score (nSPS) is 11.7. The summed E-state index contributed by atoms with van der Waals surface area (Å²) in [7, 11) is 1.56. The van der Waals surface area contributed by atoms with Gasteiger partial charge in [-0.25, -0.2) is 0 Å². The number of carbonyl (C=O) groups excluding carboxylic acids is 2. The van der Waals surface area contributed by atoms with Crippen molar-refractivity contribution in [1.29, 1.82) is 0 Å². The summed E-state index contributed by atoms with van der Waals surface area (Å²) in [6.07, 6.45) is 1.03. The number of nitrogens with one attached hydrogen (secondary N) is 2. The van der Waals surface area contributed by atoms with Gasteiger partial charge in [-0.1, -0.05) is 13.0 Å². The predicted molar refractivity (Wildman–Crippen MR) is 71.3 cm³/mol. The predicted octanol–water partition coefficient (Wildman–Crippen LogP) is 1.11. The van der Waals surface area contributed by atoms with Crippen LogP contribution in [0.15, 0.2) is 24.3 Å². The minimum absolute atomic E-state index is 0.132. The second-order valence-corrected chi connectivity index (χ2v) is 4.08. The molecule has 0 saturated heterocycles. The zero-order valence-electron chi connectivity index (χ0n) is 10.7. The van der Waals surface area contributed by atoms with Crippen LogP contribution in [-0.2, 0) is 4.79 Å². The highest BCUT2D eigenvalue weighted by Gasteiger charge is 2.09. The number of anilines is 1. The van der Waals surface area contributed by atoms with E-state index in [4.69, 9.17) is 5.73 Å². The number of hydrogen-bond donors (Lipinski definition) is 3. The average molecular weight is 249 g/mol. The molecule has 0 radical (unpaired) electrons. The summed E-state index contributed by atoms with van der Waals surface area (Å²) in [6, 6.07) is 6.65. The van der Waals surface area contributed by atoms with Crippen molar-refractivity contribution in [1.82, 2.24) is 5.32 Å². The number of hydrogen-bond acceptors (Lipinski definition) is 3. The van der Waals surface area contributed by atoms with Gasteiger partial charge in [0.15, 0.2) is 0 Å². The maximum atomic E-state index is 11.6. The molecule has 0 aliphatic carbocycles. The highest BCUT2D eigenvalue weighted by atomic mass is 16.2. The van der Waals surface area contributed by atoms with Gasteiger partial charge in [0.05, 0.1) is 0 Å². The van der Waals surface area contributed by atoms with Crippen LogP contribution in [0.1, 0.15) is 30.1 Å². The van der Waals surface area contributed by atoms with Gasteiger partial charge in [0.25, 0.3) is 5.91 Å². The Kier molecular flexibility index (Phi) is 5.32. The van der Waals surface area contributed by atoms with Crippen molar-refractivity contribution in [3.8, 4) is 0 Å². The number of carbonyl (C=O) groups is 2. The molecule has 0 heterocycles. The van der Waals surface area contributed by atoms with Crippen LogP contribution in [0.4, 0.5) is 5.69 Å². The number of rotatable bonds is 5. The standard InChI is InChI=1S/C13H19N3O2/c1-3-10(14)8-12(17)16-11-6-4-5-9(7-11)13(18)15-2/h4-7,10H,3,8,14H2,1-2H3,(H,15,18)(H,16,17). The Balaban J connectivity index is 2.67. The Morgan fingerprint density at radius 2 is 2.11 bits per heavy atom. The van der Waals surface area contributed by atoms with E-state index in [0.29, 0.717) is 11.3 Å². The smallest absolute Gasteiger partial charge is 0.251 e. The summed E-state index contributed by atoms with van der Waals surface area (Å²) in [5.41, 5.74) is 6.81. The van der Waals surface area contributed by atoms with Crippen molar-refractivity contribution in [2.24, 2.45) is 5.73 Å². The molecule has 4 N–H and O–H groups in total. The molecule has 0 fully saturated rings. The fraction of sp³-hybridized carbons (Fsp3) is 0.385. The second kappa shape index (κ2) is 6.76. The van der Waals surface area contributed by atoms with Gasteiger partial charge in [0, 0.05) is 30.8 Å². The average Bonchev–Trinajstić information content (AvgIpc) is 2.37. The van der Waals surface area contributed by atoms with Crippen molar-refractivity contribution in [2.75, 3.05) is 12.4 Å².